The van der Waals surface area contributed by atoms with Crippen molar-refractivity contribution in [2.75, 3.05) is 6.54 Å². The third-order valence-electron chi connectivity index (χ3n) is 3.30. The van der Waals surface area contributed by atoms with Crippen molar-refractivity contribution in [2.45, 2.75) is 6.92 Å². The van der Waals surface area contributed by atoms with Gasteiger partial charge in [-0.3, -0.25) is 9.48 Å². The highest BCUT2D eigenvalue weighted by Crippen LogP contribution is 2.24. The van der Waals surface area contributed by atoms with Gasteiger partial charge in [0.1, 0.15) is 0 Å². The van der Waals surface area contributed by atoms with Gasteiger partial charge in [-0.05, 0) is 19.1 Å². The number of carbonyl (C=O) groups is 1. The quantitative estimate of drug-likeness (QED) is 0.801. The van der Waals surface area contributed by atoms with Crippen molar-refractivity contribution >= 4 is 16.8 Å². The molecule has 2 aromatic heterocycles. The van der Waals surface area contributed by atoms with Gasteiger partial charge in [-0.1, -0.05) is 18.2 Å². The number of benzene rings is 1. The van der Waals surface area contributed by atoms with Crippen LogP contribution < -0.4 is 5.32 Å². The maximum absolute atomic E-state index is 12.3. The zero-order valence-electron chi connectivity index (χ0n) is 12.0. The van der Waals surface area contributed by atoms with E-state index >= 15 is 0 Å². The van der Waals surface area contributed by atoms with Crippen LogP contribution >= 0.6 is 0 Å². The normalized spacial score (nSPS) is 10.8. The van der Waals surface area contributed by atoms with E-state index in [4.69, 9.17) is 0 Å². The molecule has 5 heteroatoms. The molecule has 2 heterocycles. The third-order valence-corrected chi connectivity index (χ3v) is 3.30. The number of hydrogen-bond acceptors (Lipinski definition) is 3. The van der Waals surface area contributed by atoms with Crippen LogP contribution in [0.5, 0.6) is 0 Å². The summed E-state index contributed by atoms with van der Waals surface area (Å²) in [7, 11) is 1.86. The molecule has 3 aromatic rings. The molecule has 0 saturated carbocycles. The van der Waals surface area contributed by atoms with Crippen molar-refractivity contribution in [3.8, 4) is 11.3 Å². The molecule has 0 saturated heterocycles. The molecule has 21 heavy (non-hydrogen) atoms. The summed E-state index contributed by atoms with van der Waals surface area (Å²) in [5, 5.41) is 7.87. The summed E-state index contributed by atoms with van der Waals surface area (Å²) in [5.41, 5.74) is 3.10. The number of carbonyl (C=O) groups excluding carboxylic acids is 1. The molecule has 1 N–H and O–H groups in total. The van der Waals surface area contributed by atoms with E-state index in [1.54, 1.807) is 10.9 Å². The van der Waals surface area contributed by atoms with Gasteiger partial charge < -0.3 is 5.32 Å². The lowest BCUT2D eigenvalue weighted by Gasteiger charge is -2.08. The van der Waals surface area contributed by atoms with Crippen LogP contribution in [0.15, 0.2) is 42.7 Å². The molecule has 0 unspecified atom stereocenters. The highest BCUT2D eigenvalue weighted by atomic mass is 16.1. The lowest BCUT2D eigenvalue weighted by Crippen LogP contribution is -2.23. The Morgan fingerprint density at radius 1 is 1.33 bits per heavy atom. The van der Waals surface area contributed by atoms with Gasteiger partial charge in [0.25, 0.3) is 5.91 Å². The van der Waals surface area contributed by atoms with Crippen molar-refractivity contribution in [3.05, 3.63) is 48.3 Å². The van der Waals surface area contributed by atoms with Crippen molar-refractivity contribution in [2.24, 2.45) is 7.05 Å². The molecule has 5 nitrogen and oxygen atoms in total. The molecule has 106 valence electrons. The highest BCUT2D eigenvalue weighted by molar-refractivity contribution is 6.07. The molecule has 1 amide bonds. The second-order valence-corrected chi connectivity index (χ2v) is 4.83. The van der Waals surface area contributed by atoms with E-state index in [9.17, 15) is 4.79 Å². The van der Waals surface area contributed by atoms with Gasteiger partial charge in [0.15, 0.2) is 0 Å². The van der Waals surface area contributed by atoms with Gasteiger partial charge in [-0.25, -0.2) is 4.98 Å². The maximum Gasteiger partial charge on any atom is 0.252 e. The Morgan fingerprint density at radius 3 is 2.86 bits per heavy atom. The van der Waals surface area contributed by atoms with Crippen LogP contribution in [0.3, 0.4) is 0 Å². The molecular weight excluding hydrogens is 264 g/mol. The topological polar surface area (TPSA) is 59.8 Å². The van der Waals surface area contributed by atoms with Crippen LogP contribution in [0.1, 0.15) is 17.3 Å². The summed E-state index contributed by atoms with van der Waals surface area (Å²) in [6.07, 6.45) is 3.64. The van der Waals surface area contributed by atoms with E-state index in [0.29, 0.717) is 12.1 Å². The van der Waals surface area contributed by atoms with Crippen molar-refractivity contribution < 1.29 is 4.79 Å². The number of aromatic nitrogens is 3. The standard InChI is InChI=1S/C16H16N4O/c1-3-17-16(21)13-8-15(11-9-18-20(2)10-11)19-14-7-5-4-6-12(13)14/h4-10H,3H2,1-2H3,(H,17,21). The SMILES string of the molecule is CCNC(=O)c1cc(-c2cnn(C)c2)nc2ccccc12. The van der Waals surface area contributed by atoms with Gasteiger partial charge in [-0.15, -0.1) is 0 Å². The summed E-state index contributed by atoms with van der Waals surface area (Å²) >= 11 is 0. The molecule has 0 atom stereocenters. The van der Waals surface area contributed by atoms with Crippen LogP contribution in [-0.4, -0.2) is 27.2 Å². The molecule has 0 spiro atoms. The van der Waals surface area contributed by atoms with Crippen LogP contribution in [0, 0.1) is 0 Å². The van der Waals surface area contributed by atoms with Gasteiger partial charge in [0.2, 0.25) is 0 Å². The Bertz CT molecular complexity index is 807. The Morgan fingerprint density at radius 2 is 2.14 bits per heavy atom. The molecule has 0 bridgehead atoms. The van der Waals surface area contributed by atoms with Crippen molar-refractivity contribution in [3.63, 3.8) is 0 Å². The van der Waals surface area contributed by atoms with Crippen LogP contribution in [0.4, 0.5) is 0 Å². The number of rotatable bonds is 3. The number of fused-ring (bicyclic) bond motifs is 1. The minimum Gasteiger partial charge on any atom is -0.352 e. The average Bonchev–Trinajstić information content (AvgIpc) is 2.93. The summed E-state index contributed by atoms with van der Waals surface area (Å²) < 4.78 is 1.72. The number of nitrogens with one attached hydrogen (secondary N) is 1. The average molecular weight is 280 g/mol. The maximum atomic E-state index is 12.3. The second-order valence-electron chi connectivity index (χ2n) is 4.83. The molecular formula is C16H16N4O. The first kappa shape index (κ1) is 13.3. The number of aryl methyl sites for hydroxylation is 1. The lowest BCUT2D eigenvalue weighted by atomic mass is 10.1. The number of pyridine rings is 1. The molecule has 0 aliphatic carbocycles. The Kier molecular flexibility index (Phi) is 3.39. The van der Waals surface area contributed by atoms with E-state index in [0.717, 1.165) is 22.2 Å². The van der Waals surface area contributed by atoms with E-state index in [1.807, 2.05) is 50.5 Å². The fourth-order valence-electron chi connectivity index (χ4n) is 2.32. The van der Waals surface area contributed by atoms with Crippen molar-refractivity contribution in [1.29, 1.82) is 0 Å². The largest absolute Gasteiger partial charge is 0.352 e. The zero-order chi connectivity index (χ0) is 14.8. The lowest BCUT2D eigenvalue weighted by molar-refractivity contribution is 0.0957. The van der Waals surface area contributed by atoms with E-state index < -0.39 is 0 Å². The fraction of sp³-hybridized carbons (Fsp3) is 0.188. The number of para-hydroxylation sites is 1. The van der Waals surface area contributed by atoms with Gasteiger partial charge in [0, 0.05) is 30.7 Å². The first-order chi connectivity index (χ1) is 10.2. The fourth-order valence-corrected chi connectivity index (χ4v) is 2.32. The molecule has 1 aromatic carbocycles. The predicted molar refractivity (Wildman–Crippen MR) is 82.0 cm³/mol. The van der Waals surface area contributed by atoms with Gasteiger partial charge in [-0.2, -0.15) is 5.10 Å². The molecule has 0 aliphatic rings. The van der Waals surface area contributed by atoms with Gasteiger partial charge in [0.05, 0.1) is 23.0 Å². The highest BCUT2D eigenvalue weighted by Gasteiger charge is 2.13. The predicted octanol–water partition coefficient (Wildman–Crippen LogP) is 2.39. The summed E-state index contributed by atoms with van der Waals surface area (Å²) in [6, 6.07) is 9.49. The van der Waals surface area contributed by atoms with E-state index in [2.05, 4.69) is 15.4 Å². The van der Waals surface area contributed by atoms with Crippen LogP contribution in [0.2, 0.25) is 0 Å². The van der Waals surface area contributed by atoms with Crippen LogP contribution in [-0.2, 0) is 7.05 Å². The number of amides is 1. The van der Waals surface area contributed by atoms with Crippen LogP contribution in [0.25, 0.3) is 22.2 Å². The molecule has 0 radical (unpaired) electrons. The minimum atomic E-state index is -0.0822. The summed E-state index contributed by atoms with van der Waals surface area (Å²) in [5.74, 6) is -0.0822. The Labute approximate surface area is 122 Å². The number of hydrogen-bond donors (Lipinski definition) is 1. The zero-order valence-corrected chi connectivity index (χ0v) is 12.0. The van der Waals surface area contributed by atoms with Gasteiger partial charge >= 0.3 is 0 Å². The van der Waals surface area contributed by atoms with E-state index in [1.165, 1.54) is 0 Å². The molecule has 3 rings (SSSR count). The number of nitrogens with zero attached hydrogens (tertiary/aromatic N) is 3. The monoisotopic (exact) mass is 280 g/mol. The Hall–Kier alpha value is -2.69. The first-order valence-electron chi connectivity index (χ1n) is 6.86. The first-order valence-corrected chi connectivity index (χ1v) is 6.86. The third kappa shape index (κ3) is 2.50. The second kappa shape index (κ2) is 5.36. The minimum absolute atomic E-state index is 0.0822. The smallest absolute Gasteiger partial charge is 0.252 e. The molecule has 0 fully saturated rings. The summed E-state index contributed by atoms with van der Waals surface area (Å²) in [6.45, 7) is 2.50. The summed E-state index contributed by atoms with van der Waals surface area (Å²) in [4.78, 5) is 16.9. The Balaban J connectivity index is 2.21. The van der Waals surface area contributed by atoms with E-state index in [-0.39, 0.29) is 5.91 Å². The molecule has 0 aliphatic heterocycles. The van der Waals surface area contributed by atoms with Crippen molar-refractivity contribution in [1.82, 2.24) is 20.1 Å².